The first kappa shape index (κ1) is 13.3. The van der Waals surface area contributed by atoms with Crippen LogP contribution in [0.1, 0.15) is 33.5 Å². The molecule has 0 fully saturated rings. The molecule has 19 heavy (non-hydrogen) atoms. The maximum absolute atomic E-state index is 12.0. The smallest absolute Gasteiger partial charge is 0.163 e. The SMILES string of the molecule is Cc1ccc(C(=O)CCc2cc(C)ccc2O)cc1. The third-order valence-electron chi connectivity index (χ3n) is 3.23. The van der Waals surface area contributed by atoms with Crippen LogP contribution in [0.5, 0.6) is 5.75 Å². The molecule has 0 amide bonds. The lowest BCUT2D eigenvalue weighted by Gasteiger charge is -2.06. The summed E-state index contributed by atoms with van der Waals surface area (Å²) >= 11 is 0. The standard InChI is InChI=1S/C17H18O2/c1-12-3-6-14(7-4-12)16(18)10-8-15-11-13(2)5-9-17(15)19/h3-7,9,11,19H,8,10H2,1-2H3. The second kappa shape index (κ2) is 5.70. The van der Waals surface area contributed by atoms with Crippen LogP contribution in [0.15, 0.2) is 42.5 Å². The number of hydrogen-bond donors (Lipinski definition) is 1. The van der Waals surface area contributed by atoms with Gasteiger partial charge in [-0.25, -0.2) is 0 Å². The minimum Gasteiger partial charge on any atom is -0.508 e. The minimum absolute atomic E-state index is 0.112. The fourth-order valence-corrected chi connectivity index (χ4v) is 2.05. The average Bonchev–Trinajstić information content (AvgIpc) is 2.40. The van der Waals surface area contributed by atoms with Gasteiger partial charge in [0, 0.05) is 12.0 Å². The van der Waals surface area contributed by atoms with E-state index in [9.17, 15) is 9.90 Å². The number of ketones is 1. The summed E-state index contributed by atoms with van der Waals surface area (Å²) in [6.07, 6.45) is 0.986. The van der Waals surface area contributed by atoms with Crippen LogP contribution >= 0.6 is 0 Å². The molecule has 0 radical (unpaired) electrons. The highest BCUT2D eigenvalue weighted by Gasteiger charge is 2.08. The van der Waals surface area contributed by atoms with Gasteiger partial charge in [-0.05, 0) is 31.9 Å². The maximum atomic E-state index is 12.0. The van der Waals surface area contributed by atoms with Crippen molar-refractivity contribution in [2.75, 3.05) is 0 Å². The second-order valence-electron chi connectivity index (χ2n) is 4.92. The highest BCUT2D eigenvalue weighted by Crippen LogP contribution is 2.20. The highest BCUT2D eigenvalue weighted by atomic mass is 16.3. The summed E-state index contributed by atoms with van der Waals surface area (Å²) in [6, 6.07) is 13.1. The fourth-order valence-electron chi connectivity index (χ4n) is 2.05. The van der Waals surface area contributed by atoms with Crippen molar-refractivity contribution in [1.29, 1.82) is 0 Å². The molecule has 2 heteroatoms. The van der Waals surface area contributed by atoms with Crippen LogP contribution in [-0.2, 0) is 6.42 Å². The molecule has 0 saturated carbocycles. The van der Waals surface area contributed by atoms with Crippen LogP contribution in [0.2, 0.25) is 0 Å². The van der Waals surface area contributed by atoms with Crippen LogP contribution in [-0.4, -0.2) is 10.9 Å². The number of carbonyl (C=O) groups is 1. The number of Topliss-reactive ketones (excluding diaryl/α,β-unsaturated/α-hetero) is 1. The topological polar surface area (TPSA) is 37.3 Å². The van der Waals surface area contributed by atoms with Gasteiger partial charge in [0.2, 0.25) is 0 Å². The van der Waals surface area contributed by atoms with Crippen LogP contribution in [0.25, 0.3) is 0 Å². The van der Waals surface area contributed by atoms with Gasteiger partial charge in [0.25, 0.3) is 0 Å². The van der Waals surface area contributed by atoms with E-state index in [4.69, 9.17) is 0 Å². The maximum Gasteiger partial charge on any atom is 0.163 e. The quantitative estimate of drug-likeness (QED) is 0.842. The molecule has 0 bridgehead atoms. The molecule has 2 aromatic carbocycles. The lowest BCUT2D eigenvalue weighted by Crippen LogP contribution is -2.01. The molecule has 0 aliphatic rings. The first-order chi connectivity index (χ1) is 9.06. The van der Waals surface area contributed by atoms with Crippen molar-refractivity contribution in [2.45, 2.75) is 26.7 Å². The van der Waals surface area contributed by atoms with E-state index in [2.05, 4.69) is 0 Å². The van der Waals surface area contributed by atoms with Crippen molar-refractivity contribution in [3.8, 4) is 5.75 Å². The summed E-state index contributed by atoms with van der Waals surface area (Å²) in [5, 5.41) is 9.74. The van der Waals surface area contributed by atoms with E-state index in [1.807, 2.05) is 50.2 Å². The number of aryl methyl sites for hydroxylation is 3. The van der Waals surface area contributed by atoms with Gasteiger partial charge in [-0.1, -0.05) is 47.5 Å². The Labute approximate surface area is 113 Å². The van der Waals surface area contributed by atoms with Gasteiger partial charge < -0.3 is 5.11 Å². The van der Waals surface area contributed by atoms with E-state index >= 15 is 0 Å². The van der Waals surface area contributed by atoms with Crippen molar-refractivity contribution in [1.82, 2.24) is 0 Å². The van der Waals surface area contributed by atoms with E-state index in [1.165, 1.54) is 0 Å². The van der Waals surface area contributed by atoms with E-state index in [0.717, 1.165) is 22.3 Å². The van der Waals surface area contributed by atoms with E-state index in [0.29, 0.717) is 12.8 Å². The zero-order valence-electron chi connectivity index (χ0n) is 11.3. The van der Waals surface area contributed by atoms with Gasteiger partial charge in [0.1, 0.15) is 5.75 Å². The fraction of sp³-hybridized carbons (Fsp3) is 0.235. The Morgan fingerprint density at radius 1 is 1.00 bits per heavy atom. The number of phenolic OH excluding ortho intramolecular Hbond substituents is 1. The number of phenols is 1. The summed E-state index contributed by atoms with van der Waals surface area (Å²) in [5.41, 5.74) is 3.81. The van der Waals surface area contributed by atoms with Gasteiger partial charge in [0.15, 0.2) is 5.78 Å². The zero-order chi connectivity index (χ0) is 13.8. The number of carbonyl (C=O) groups excluding carboxylic acids is 1. The summed E-state index contributed by atoms with van der Waals surface area (Å²) in [6.45, 7) is 3.98. The summed E-state index contributed by atoms with van der Waals surface area (Å²) in [7, 11) is 0. The third-order valence-corrected chi connectivity index (χ3v) is 3.23. The molecule has 0 aliphatic heterocycles. The molecule has 0 aromatic heterocycles. The summed E-state index contributed by atoms with van der Waals surface area (Å²) in [4.78, 5) is 12.0. The molecule has 0 unspecified atom stereocenters. The Bertz CT molecular complexity index is 583. The van der Waals surface area contributed by atoms with Gasteiger partial charge >= 0.3 is 0 Å². The molecule has 2 nitrogen and oxygen atoms in total. The molecule has 0 aliphatic carbocycles. The molecule has 2 rings (SSSR count). The molecule has 0 spiro atoms. The average molecular weight is 254 g/mol. The van der Waals surface area contributed by atoms with Crippen molar-refractivity contribution >= 4 is 5.78 Å². The van der Waals surface area contributed by atoms with Crippen LogP contribution in [0, 0.1) is 13.8 Å². The van der Waals surface area contributed by atoms with Crippen molar-refractivity contribution < 1.29 is 9.90 Å². The Morgan fingerprint density at radius 2 is 1.63 bits per heavy atom. The first-order valence-corrected chi connectivity index (χ1v) is 6.44. The molecule has 98 valence electrons. The predicted molar refractivity (Wildman–Crippen MR) is 76.7 cm³/mol. The van der Waals surface area contributed by atoms with Gasteiger partial charge in [-0.3, -0.25) is 4.79 Å². The molecular weight excluding hydrogens is 236 g/mol. The van der Waals surface area contributed by atoms with E-state index in [1.54, 1.807) is 6.07 Å². The highest BCUT2D eigenvalue weighted by molar-refractivity contribution is 5.96. The van der Waals surface area contributed by atoms with Crippen LogP contribution in [0.3, 0.4) is 0 Å². The Hall–Kier alpha value is -2.09. The molecule has 0 saturated heterocycles. The van der Waals surface area contributed by atoms with Crippen molar-refractivity contribution in [3.63, 3.8) is 0 Å². The third kappa shape index (κ3) is 3.44. The normalized spacial score (nSPS) is 10.4. The summed E-state index contributed by atoms with van der Waals surface area (Å²) < 4.78 is 0. The molecule has 0 atom stereocenters. The number of rotatable bonds is 4. The van der Waals surface area contributed by atoms with E-state index < -0.39 is 0 Å². The Balaban J connectivity index is 2.04. The lowest BCUT2D eigenvalue weighted by atomic mass is 10.0. The van der Waals surface area contributed by atoms with Crippen molar-refractivity contribution in [2.24, 2.45) is 0 Å². The number of hydrogen-bond acceptors (Lipinski definition) is 2. The largest absolute Gasteiger partial charge is 0.508 e. The monoisotopic (exact) mass is 254 g/mol. The van der Waals surface area contributed by atoms with Gasteiger partial charge in [0.05, 0.1) is 0 Å². The Kier molecular flexibility index (Phi) is 4.00. The summed E-state index contributed by atoms with van der Waals surface area (Å²) in [5.74, 6) is 0.378. The molecular formula is C17H18O2. The Morgan fingerprint density at radius 3 is 2.32 bits per heavy atom. The molecule has 2 aromatic rings. The lowest BCUT2D eigenvalue weighted by molar-refractivity contribution is 0.0982. The van der Waals surface area contributed by atoms with Crippen molar-refractivity contribution in [3.05, 3.63) is 64.7 Å². The number of benzene rings is 2. The molecule has 0 heterocycles. The zero-order valence-corrected chi connectivity index (χ0v) is 11.3. The van der Waals surface area contributed by atoms with Gasteiger partial charge in [-0.15, -0.1) is 0 Å². The van der Waals surface area contributed by atoms with E-state index in [-0.39, 0.29) is 11.5 Å². The molecule has 1 N–H and O–H groups in total. The number of aromatic hydroxyl groups is 1. The van der Waals surface area contributed by atoms with Crippen LogP contribution < -0.4 is 0 Å². The minimum atomic E-state index is 0.112. The predicted octanol–water partition coefficient (Wildman–Crippen LogP) is 3.82. The first-order valence-electron chi connectivity index (χ1n) is 6.44. The second-order valence-corrected chi connectivity index (χ2v) is 4.92. The van der Waals surface area contributed by atoms with Gasteiger partial charge in [-0.2, -0.15) is 0 Å². The van der Waals surface area contributed by atoms with Crippen LogP contribution in [0.4, 0.5) is 0 Å².